The third kappa shape index (κ3) is 22.9. The Hall–Kier alpha value is 0.150. The summed E-state index contributed by atoms with van der Waals surface area (Å²) >= 11 is 0. The van der Waals surface area contributed by atoms with Gasteiger partial charge in [-0.3, -0.25) is 0 Å². The van der Waals surface area contributed by atoms with Crippen molar-refractivity contribution in [1.82, 2.24) is 0 Å². The van der Waals surface area contributed by atoms with Gasteiger partial charge in [-0.2, -0.15) is 5.57 Å². The second-order valence-electron chi connectivity index (χ2n) is 0.882. The van der Waals surface area contributed by atoms with E-state index in [4.69, 9.17) is 0 Å². The maximum absolute atomic E-state index is 9.28. The molecule has 0 aliphatic heterocycles. The van der Waals surface area contributed by atoms with Crippen LogP contribution in [0, 0.1) is 7.43 Å². The minimum absolute atomic E-state index is 0. The largest absolute Gasteiger partial charge is 0.419 e. The van der Waals surface area contributed by atoms with Gasteiger partial charge in [0, 0.05) is 22.4 Å². The first-order valence-electron chi connectivity index (χ1n) is 1.31. The maximum atomic E-state index is 9.28. The van der Waals surface area contributed by atoms with Crippen molar-refractivity contribution in [2.75, 3.05) is 0 Å². The molecule has 1 radical (unpaired) electrons. The van der Waals surface area contributed by atoms with Crippen molar-refractivity contribution < 1.29 is 27.2 Å². The van der Waals surface area contributed by atoms with Gasteiger partial charge in [-0.1, -0.05) is 6.92 Å². The molecule has 0 amide bonds. The fourth-order valence-electron chi connectivity index (χ4n) is 0. The van der Waals surface area contributed by atoms with Gasteiger partial charge >= 0.3 is 0 Å². The summed E-state index contributed by atoms with van der Waals surface area (Å²) in [7, 11) is 0. The Morgan fingerprint density at radius 3 is 1.86 bits per heavy atom. The molecule has 2 heteroatoms. The van der Waals surface area contributed by atoms with Crippen LogP contribution in [0.25, 0.3) is 0 Å². The van der Waals surface area contributed by atoms with Gasteiger partial charge in [0.05, 0.1) is 0 Å². The van der Waals surface area contributed by atoms with Crippen molar-refractivity contribution in [3.8, 4) is 0 Å². The van der Waals surface area contributed by atoms with E-state index in [2.05, 4.69) is 6.58 Å². The molecule has 0 aliphatic rings. The van der Waals surface area contributed by atoms with Crippen LogP contribution in [-0.4, -0.2) is 6.29 Å². The van der Waals surface area contributed by atoms with E-state index >= 15 is 0 Å². The van der Waals surface area contributed by atoms with Crippen molar-refractivity contribution >= 4 is 6.29 Å². The first kappa shape index (κ1) is 15.7. The van der Waals surface area contributed by atoms with Gasteiger partial charge in [0.15, 0.2) is 0 Å². The van der Waals surface area contributed by atoms with E-state index in [1.165, 1.54) is 0 Å². The molecule has 47 valence electrons. The summed E-state index contributed by atoms with van der Waals surface area (Å²) in [5.41, 5.74) is 0.449. The Morgan fingerprint density at radius 1 is 1.71 bits per heavy atom. The summed E-state index contributed by atoms with van der Waals surface area (Å²) < 4.78 is 0. The summed E-state index contributed by atoms with van der Waals surface area (Å²) in [4.78, 5) is 9.28. The second-order valence-corrected chi connectivity index (χ2v) is 0.882. The Balaban J connectivity index is -0.0000000800. The predicted molar refractivity (Wildman–Crippen MR) is 26.9 cm³/mol. The van der Waals surface area contributed by atoms with E-state index in [0.717, 1.165) is 0 Å². The third-order valence-electron chi connectivity index (χ3n) is 0.174. The number of hydrogen-bond donors (Lipinski definition) is 0. The van der Waals surface area contributed by atoms with Crippen LogP contribution in [0.5, 0.6) is 0 Å². The molecule has 0 heterocycles. The standard InChI is InChI=1S/C4H5O.CH3.Ag/c1-4(2)3-5;;/h1H2,2H3;1H3;/q2*-1;. The average molecular weight is 192 g/mol. The Morgan fingerprint density at radius 2 is 1.86 bits per heavy atom. The molecule has 0 fully saturated rings. The zero-order valence-corrected chi connectivity index (χ0v) is 5.90. The van der Waals surface area contributed by atoms with Crippen LogP contribution < -0.4 is 0 Å². The molecule has 0 aromatic heterocycles. The SMILES string of the molecule is C=C(C)[C-]=O.[Ag].[CH3-]. The van der Waals surface area contributed by atoms with Crippen LogP contribution >= 0.6 is 0 Å². The fraction of sp³-hybridized carbons (Fsp3) is 0.200. The fourth-order valence-corrected chi connectivity index (χ4v) is 0. The first-order chi connectivity index (χ1) is 2.27. The van der Waals surface area contributed by atoms with Crippen LogP contribution in [0.3, 0.4) is 0 Å². The molecule has 1 nitrogen and oxygen atoms in total. The summed E-state index contributed by atoms with van der Waals surface area (Å²) in [6.45, 7) is 4.85. The molecule has 7 heavy (non-hydrogen) atoms. The van der Waals surface area contributed by atoms with Gasteiger partial charge in [0.2, 0.25) is 0 Å². The summed E-state index contributed by atoms with van der Waals surface area (Å²) in [5, 5.41) is 0. The van der Waals surface area contributed by atoms with Crippen molar-refractivity contribution in [3.63, 3.8) is 0 Å². The zero-order chi connectivity index (χ0) is 4.28. The first-order valence-corrected chi connectivity index (χ1v) is 1.31. The minimum Gasteiger partial charge on any atom is -0.419 e. The molecule has 0 saturated carbocycles. The van der Waals surface area contributed by atoms with Crippen molar-refractivity contribution in [2.24, 2.45) is 0 Å². The predicted octanol–water partition coefficient (Wildman–Crippen LogP) is 1.12. The van der Waals surface area contributed by atoms with Crippen LogP contribution in [0.1, 0.15) is 6.92 Å². The van der Waals surface area contributed by atoms with Crippen molar-refractivity contribution in [1.29, 1.82) is 0 Å². The van der Waals surface area contributed by atoms with Gasteiger partial charge < -0.3 is 12.2 Å². The van der Waals surface area contributed by atoms with Gasteiger partial charge in [0.1, 0.15) is 0 Å². The Bertz CT molecular complexity index is 59.1. The van der Waals surface area contributed by atoms with Crippen molar-refractivity contribution in [3.05, 3.63) is 19.6 Å². The topological polar surface area (TPSA) is 17.1 Å². The molecular weight excluding hydrogens is 184 g/mol. The smallest absolute Gasteiger partial charge is 0 e. The number of carbonyl (C=O) groups excluding carboxylic acids is 1. The number of allylic oxidation sites excluding steroid dienone is 1. The second kappa shape index (κ2) is 9.47. The quantitative estimate of drug-likeness (QED) is 0.345. The summed E-state index contributed by atoms with van der Waals surface area (Å²) in [6.07, 6.45) is 1.58. The molecule has 0 N–H and O–H groups in total. The molecule has 0 aliphatic carbocycles. The zero-order valence-electron chi connectivity index (χ0n) is 4.42. The molecule has 0 saturated heterocycles. The van der Waals surface area contributed by atoms with Gasteiger partial charge in [-0.25, -0.2) is 6.58 Å². The number of hydrogen-bond acceptors (Lipinski definition) is 1. The molecule has 0 aromatic carbocycles. The van der Waals surface area contributed by atoms with Crippen LogP contribution in [0.2, 0.25) is 0 Å². The van der Waals surface area contributed by atoms with E-state index in [-0.39, 0.29) is 29.8 Å². The summed E-state index contributed by atoms with van der Waals surface area (Å²) in [6, 6.07) is 0. The molecule has 0 unspecified atom stereocenters. The summed E-state index contributed by atoms with van der Waals surface area (Å²) in [5.74, 6) is 0. The molecule has 0 rings (SSSR count). The minimum atomic E-state index is 0. The molecule has 0 spiro atoms. The van der Waals surface area contributed by atoms with Crippen molar-refractivity contribution in [2.45, 2.75) is 6.92 Å². The Kier molecular flexibility index (Phi) is 21.2. The van der Waals surface area contributed by atoms with Crippen LogP contribution in [0.15, 0.2) is 12.2 Å². The van der Waals surface area contributed by atoms with Gasteiger partial charge in [-0.15, -0.1) is 0 Å². The Labute approximate surface area is 60.3 Å². The molecule has 0 atom stereocenters. The van der Waals surface area contributed by atoms with Gasteiger partial charge in [-0.05, 0) is 6.29 Å². The maximum Gasteiger partial charge on any atom is 0 e. The van der Waals surface area contributed by atoms with Crippen LogP contribution in [-0.2, 0) is 27.2 Å². The molecule has 0 aromatic rings. The normalized spacial score (nSPS) is 4.71. The van der Waals surface area contributed by atoms with E-state index in [0.29, 0.717) is 5.57 Å². The monoisotopic (exact) mass is 191 g/mol. The number of rotatable bonds is 1. The van der Waals surface area contributed by atoms with Crippen LogP contribution in [0.4, 0.5) is 0 Å². The van der Waals surface area contributed by atoms with E-state index < -0.39 is 0 Å². The molecule has 0 bridgehead atoms. The molecular formula is C5H8AgO-2. The van der Waals surface area contributed by atoms with E-state index in [9.17, 15) is 4.79 Å². The average Bonchev–Trinajstić information content (AvgIpc) is 1.38. The van der Waals surface area contributed by atoms with E-state index in [1.54, 1.807) is 13.2 Å². The third-order valence-corrected chi connectivity index (χ3v) is 0.174. The van der Waals surface area contributed by atoms with Gasteiger partial charge in [0.25, 0.3) is 0 Å². The van der Waals surface area contributed by atoms with E-state index in [1.807, 2.05) is 0 Å².